The Balaban J connectivity index is 1.99. The van der Waals surface area contributed by atoms with E-state index in [0.717, 1.165) is 5.76 Å². The molecule has 0 aliphatic rings. The molecule has 2 heterocycles. The molecule has 15 heavy (non-hydrogen) atoms. The molecule has 2 aromatic rings. The van der Waals surface area contributed by atoms with Crippen molar-refractivity contribution in [3.05, 3.63) is 36.0 Å². The van der Waals surface area contributed by atoms with Crippen molar-refractivity contribution in [3.8, 4) is 0 Å². The summed E-state index contributed by atoms with van der Waals surface area (Å²) in [4.78, 5) is 8.12. The van der Waals surface area contributed by atoms with Crippen LogP contribution in [0.1, 0.15) is 11.6 Å². The van der Waals surface area contributed by atoms with Gasteiger partial charge in [0.2, 0.25) is 0 Å². The summed E-state index contributed by atoms with van der Waals surface area (Å²) in [5.74, 6) is 2.69. The third-order valence-corrected chi connectivity index (χ3v) is 1.89. The van der Waals surface area contributed by atoms with Gasteiger partial charge in [0, 0.05) is 12.3 Å². The number of furan rings is 1. The van der Waals surface area contributed by atoms with Crippen LogP contribution in [-0.4, -0.2) is 9.97 Å². The highest BCUT2D eigenvalue weighted by Gasteiger charge is 2.00. The number of anilines is 2. The van der Waals surface area contributed by atoms with Gasteiger partial charge in [-0.15, -0.1) is 0 Å². The van der Waals surface area contributed by atoms with Crippen LogP contribution in [0.3, 0.4) is 0 Å². The van der Waals surface area contributed by atoms with E-state index in [1.807, 2.05) is 19.1 Å². The van der Waals surface area contributed by atoms with Crippen LogP contribution in [0.15, 0.2) is 28.8 Å². The fourth-order valence-corrected chi connectivity index (χ4v) is 1.20. The minimum Gasteiger partial charge on any atom is -0.446 e. The van der Waals surface area contributed by atoms with E-state index in [4.69, 9.17) is 10.2 Å². The topological polar surface area (TPSA) is 77.0 Å². The standard InChI is InChI=1S/C10H12N4O/c1-7-2-3-10(15-7)13-6-9-12-5-4-8(11)14-9/h2-5,13H,6H2,1H3,(H2,11,12,14). The quantitative estimate of drug-likeness (QED) is 0.793. The van der Waals surface area contributed by atoms with E-state index in [1.54, 1.807) is 12.3 Å². The maximum Gasteiger partial charge on any atom is 0.193 e. The van der Waals surface area contributed by atoms with Crippen LogP contribution in [0.25, 0.3) is 0 Å². The second-order valence-corrected chi connectivity index (χ2v) is 3.16. The highest BCUT2D eigenvalue weighted by molar-refractivity contribution is 5.32. The fraction of sp³-hybridized carbons (Fsp3) is 0.200. The molecule has 0 aliphatic carbocycles. The Hall–Kier alpha value is -2.04. The molecule has 0 atom stereocenters. The minimum absolute atomic E-state index is 0.470. The van der Waals surface area contributed by atoms with Crippen LogP contribution in [-0.2, 0) is 6.54 Å². The molecule has 0 unspecified atom stereocenters. The minimum atomic E-state index is 0.470. The maximum absolute atomic E-state index is 5.53. The first kappa shape index (κ1) is 9.51. The van der Waals surface area contributed by atoms with E-state index in [2.05, 4.69) is 15.3 Å². The van der Waals surface area contributed by atoms with Gasteiger partial charge in [0.1, 0.15) is 17.4 Å². The summed E-state index contributed by atoms with van der Waals surface area (Å²) in [5.41, 5.74) is 5.53. The van der Waals surface area contributed by atoms with Crippen LogP contribution in [0, 0.1) is 6.92 Å². The number of hydrogen-bond donors (Lipinski definition) is 2. The lowest BCUT2D eigenvalue weighted by atomic mass is 10.5. The molecule has 0 amide bonds. The van der Waals surface area contributed by atoms with Gasteiger partial charge in [-0.05, 0) is 19.1 Å². The van der Waals surface area contributed by atoms with Gasteiger partial charge in [-0.3, -0.25) is 0 Å². The first-order valence-corrected chi connectivity index (χ1v) is 4.62. The van der Waals surface area contributed by atoms with Crippen LogP contribution >= 0.6 is 0 Å². The van der Waals surface area contributed by atoms with Crippen LogP contribution in [0.5, 0.6) is 0 Å². The molecule has 0 fully saturated rings. The number of nitrogen functional groups attached to an aromatic ring is 1. The van der Waals surface area contributed by atoms with Crippen molar-refractivity contribution in [2.45, 2.75) is 13.5 Å². The number of nitrogens with zero attached hydrogens (tertiary/aromatic N) is 2. The average molecular weight is 204 g/mol. The monoisotopic (exact) mass is 204 g/mol. The van der Waals surface area contributed by atoms with E-state index < -0.39 is 0 Å². The Morgan fingerprint density at radius 1 is 1.40 bits per heavy atom. The molecular weight excluding hydrogens is 192 g/mol. The summed E-state index contributed by atoms with van der Waals surface area (Å²) in [5, 5.41) is 3.06. The number of rotatable bonds is 3. The highest BCUT2D eigenvalue weighted by Crippen LogP contribution is 2.12. The van der Waals surface area contributed by atoms with E-state index in [0.29, 0.717) is 24.1 Å². The zero-order valence-electron chi connectivity index (χ0n) is 8.40. The molecular formula is C10H12N4O. The molecule has 5 nitrogen and oxygen atoms in total. The molecule has 0 saturated carbocycles. The zero-order chi connectivity index (χ0) is 10.7. The van der Waals surface area contributed by atoms with E-state index in [9.17, 15) is 0 Å². The van der Waals surface area contributed by atoms with Gasteiger partial charge in [-0.25, -0.2) is 9.97 Å². The Bertz CT molecular complexity index is 452. The van der Waals surface area contributed by atoms with Gasteiger partial charge >= 0.3 is 0 Å². The lowest BCUT2D eigenvalue weighted by molar-refractivity contribution is 0.545. The van der Waals surface area contributed by atoms with Gasteiger partial charge in [-0.1, -0.05) is 0 Å². The maximum atomic E-state index is 5.53. The SMILES string of the molecule is Cc1ccc(NCc2nccc(N)n2)o1. The van der Waals surface area contributed by atoms with Crippen LogP contribution in [0.4, 0.5) is 11.7 Å². The first-order valence-electron chi connectivity index (χ1n) is 4.62. The Kier molecular flexibility index (Phi) is 2.53. The third-order valence-electron chi connectivity index (χ3n) is 1.89. The van der Waals surface area contributed by atoms with Crippen molar-refractivity contribution in [1.29, 1.82) is 0 Å². The normalized spacial score (nSPS) is 10.2. The molecule has 3 N–H and O–H groups in total. The summed E-state index contributed by atoms with van der Waals surface area (Å²) in [6.45, 7) is 2.39. The van der Waals surface area contributed by atoms with Gasteiger partial charge in [-0.2, -0.15) is 0 Å². The smallest absolute Gasteiger partial charge is 0.193 e. The summed E-state index contributed by atoms with van der Waals surface area (Å²) < 4.78 is 5.34. The van der Waals surface area contributed by atoms with Crippen molar-refractivity contribution >= 4 is 11.7 Å². The van der Waals surface area contributed by atoms with Gasteiger partial charge in [0.15, 0.2) is 5.88 Å². The second-order valence-electron chi connectivity index (χ2n) is 3.16. The molecule has 0 saturated heterocycles. The summed E-state index contributed by atoms with van der Waals surface area (Å²) >= 11 is 0. The Labute approximate surface area is 87.3 Å². The van der Waals surface area contributed by atoms with Crippen molar-refractivity contribution in [3.63, 3.8) is 0 Å². The third kappa shape index (κ3) is 2.46. The highest BCUT2D eigenvalue weighted by atomic mass is 16.4. The zero-order valence-corrected chi connectivity index (χ0v) is 8.40. The molecule has 5 heteroatoms. The molecule has 0 aliphatic heterocycles. The van der Waals surface area contributed by atoms with E-state index >= 15 is 0 Å². The number of hydrogen-bond acceptors (Lipinski definition) is 5. The molecule has 0 radical (unpaired) electrons. The van der Waals surface area contributed by atoms with Crippen molar-refractivity contribution in [2.24, 2.45) is 0 Å². The first-order chi connectivity index (χ1) is 7.24. The van der Waals surface area contributed by atoms with Crippen molar-refractivity contribution in [1.82, 2.24) is 9.97 Å². The van der Waals surface area contributed by atoms with Crippen LogP contribution in [0.2, 0.25) is 0 Å². The fourth-order valence-electron chi connectivity index (χ4n) is 1.20. The second kappa shape index (κ2) is 4.00. The Morgan fingerprint density at radius 2 is 2.27 bits per heavy atom. The number of aromatic nitrogens is 2. The molecule has 0 aromatic carbocycles. The van der Waals surface area contributed by atoms with Gasteiger partial charge < -0.3 is 15.5 Å². The van der Waals surface area contributed by atoms with E-state index in [-0.39, 0.29) is 0 Å². The van der Waals surface area contributed by atoms with Gasteiger partial charge in [0.25, 0.3) is 0 Å². The lowest BCUT2D eigenvalue weighted by Crippen LogP contribution is -2.04. The summed E-state index contributed by atoms with van der Waals surface area (Å²) in [6.07, 6.45) is 1.63. The van der Waals surface area contributed by atoms with Crippen molar-refractivity contribution < 1.29 is 4.42 Å². The lowest BCUT2D eigenvalue weighted by Gasteiger charge is -2.01. The molecule has 2 rings (SSSR count). The largest absolute Gasteiger partial charge is 0.446 e. The molecule has 78 valence electrons. The molecule has 0 bridgehead atoms. The number of nitrogens with one attached hydrogen (secondary N) is 1. The van der Waals surface area contributed by atoms with Gasteiger partial charge in [0.05, 0.1) is 6.54 Å². The predicted octanol–water partition coefficient (Wildman–Crippen LogP) is 1.57. The van der Waals surface area contributed by atoms with Crippen LogP contribution < -0.4 is 11.1 Å². The average Bonchev–Trinajstić information content (AvgIpc) is 2.62. The summed E-state index contributed by atoms with van der Waals surface area (Å²) in [7, 11) is 0. The Morgan fingerprint density at radius 3 is 2.93 bits per heavy atom. The van der Waals surface area contributed by atoms with Crippen molar-refractivity contribution in [2.75, 3.05) is 11.1 Å². The molecule has 0 spiro atoms. The number of nitrogens with two attached hydrogens (primary N) is 1. The van der Waals surface area contributed by atoms with E-state index in [1.165, 1.54) is 0 Å². The number of aryl methyl sites for hydroxylation is 1. The predicted molar refractivity (Wildman–Crippen MR) is 57.2 cm³/mol. The summed E-state index contributed by atoms with van der Waals surface area (Å²) in [6, 6.07) is 5.41. The molecule has 2 aromatic heterocycles.